The number of carbonyl (C=O) groups excluding carboxylic acids is 2. The summed E-state index contributed by atoms with van der Waals surface area (Å²) >= 11 is 0. The van der Waals surface area contributed by atoms with Crippen molar-refractivity contribution in [3.8, 4) is 45.3 Å². The molecule has 0 aromatic heterocycles. The molecule has 0 radical (unpaired) electrons. The first-order valence-electron chi connectivity index (χ1n) is 18.6. The lowest BCUT2D eigenvalue weighted by atomic mass is 10.0. The highest BCUT2D eigenvalue weighted by molar-refractivity contribution is 6.23. The Labute approximate surface area is 302 Å². The Hall–Kier alpha value is -4.66. The molecule has 8 heteroatoms. The molecule has 0 spiro atoms. The normalized spacial score (nSPS) is 14.1. The first-order chi connectivity index (χ1) is 25.0. The zero-order valence-corrected chi connectivity index (χ0v) is 30.5. The monoisotopic (exact) mass is 690 g/mol. The lowest BCUT2D eigenvalue weighted by Crippen LogP contribution is -2.25. The van der Waals surface area contributed by atoms with Crippen LogP contribution in [-0.4, -0.2) is 87.1 Å². The minimum atomic E-state index is 0.0464. The molecule has 1 fully saturated rings. The van der Waals surface area contributed by atoms with Crippen molar-refractivity contribution in [1.82, 2.24) is 9.80 Å². The standard InChI is InChI=1S/C22H27NO3.C21H23NO3/c1-4-23(5-2)13-8-14-26-20-10-7-9-18-21(20)17-12-11-16(25-6-3)15-19(17)22(18)24;1-2-24-15-8-9-16-18(14-15)21(23)17-6-5-7-19(20(16)17)25-13-12-22-10-3-4-11-22/h7,9-12,15H,4-6,8,13-14H2,1-3H3;5-9,14H,2-4,10-13H2,1H3. The fraction of sp³-hybridized carbons (Fsp3) is 0.395. The number of nitrogens with zero attached hydrogens (tertiary/aromatic N) is 2. The fourth-order valence-electron chi connectivity index (χ4n) is 7.20. The average molecular weight is 691 g/mol. The summed E-state index contributed by atoms with van der Waals surface area (Å²) in [6, 6.07) is 22.9. The second-order valence-electron chi connectivity index (χ2n) is 12.9. The van der Waals surface area contributed by atoms with Gasteiger partial charge in [0, 0.05) is 46.5 Å². The van der Waals surface area contributed by atoms with Gasteiger partial charge in [-0.1, -0.05) is 38.1 Å². The van der Waals surface area contributed by atoms with E-state index in [9.17, 15) is 9.59 Å². The Kier molecular flexibility index (Phi) is 12.1. The van der Waals surface area contributed by atoms with Crippen LogP contribution in [-0.2, 0) is 0 Å². The Balaban J connectivity index is 0.000000176. The van der Waals surface area contributed by atoms with E-state index in [1.54, 1.807) is 0 Å². The number of hydrogen-bond acceptors (Lipinski definition) is 8. The highest BCUT2D eigenvalue weighted by Gasteiger charge is 2.31. The molecule has 0 atom stereocenters. The van der Waals surface area contributed by atoms with Crippen molar-refractivity contribution in [2.45, 2.75) is 47.0 Å². The molecule has 0 saturated carbocycles. The smallest absolute Gasteiger partial charge is 0.194 e. The van der Waals surface area contributed by atoms with Crippen LogP contribution in [0.5, 0.6) is 23.0 Å². The predicted octanol–water partition coefficient (Wildman–Crippen LogP) is 8.18. The molecule has 51 heavy (non-hydrogen) atoms. The Morgan fingerprint density at radius 3 is 1.59 bits per heavy atom. The van der Waals surface area contributed by atoms with Gasteiger partial charge >= 0.3 is 0 Å². The molecule has 4 aromatic rings. The maximum Gasteiger partial charge on any atom is 0.194 e. The van der Waals surface area contributed by atoms with Crippen molar-refractivity contribution in [2.24, 2.45) is 0 Å². The number of benzene rings is 4. The van der Waals surface area contributed by atoms with Crippen LogP contribution < -0.4 is 18.9 Å². The van der Waals surface area contributed by atoms with Gasteiger partial charge in [0.05, 0.1) is 19.8 Å². The average Bonchev–Trinajstić information content (AvgIpc) is 3.85. The summed E-state index contributed by atoms with van der Waals surface area (Å²) in [7, 11) is 0. The van der Waals surface area contributed by atoms with Gasteiger partial charge in [-0.2, -0.15) is 0 Å². The molecular formula is C43H50N2O6. The van der Waals surface area contributed by atoms with Crippen molar-refractivity contribution >= 4 is 11.6 Å². The van der Waals surface area contributed by atoms with Gasteiger partial charge in [-0.25, -0.2) is 0 Å². The van der Waals surface area contributed by atoms with E-state index in [1.807, 2.05) is 86.6 Å². The van der Waals surface area contributed by atoms with Crippen molar-refractivity contribution in [3.05, 3.63) is 95.1 Å². The number of rotatable bonds is 15. The number of hydrogen-bond donors (Lipinski definition) is 0. The highest BCUT2D eigenvalue weighted by Crippen LogP contribution is 2.45. The maximum absolute atomic E-state index is 12.8. The summed E-state index contributed by atoms with van der Waals surface area (Å²) in [4.78, 5) is 30.3. The zero-order chi connectivity index (χ0) is 35.7. The van der Waals surface area contributed by atoms with Crippen LogP contribution in [0.2, 0.25) is 0 Å². The van der Waals surface area contributed by atoms with E-state index in [-0.39, 0.29) is 11.6 Å². The predicted molar refractivity (Wildman–Crippen MR) is 202 cm³/mol. The largest absolute Gasteiger partial charge is 0.494 e. The quantitative estimate of drug-likeness (QED) is 0.1000. The molecule has 3 aliphatic rings. The zero-order valence-electron chi connectivity index (χ0n) is 30.5. The molecule has 1 saturated heterocycles. The third kappa shape index (κ3) is 7.97. The van der Waals surface area contributed by atoms with Gasteiger partial charge in [0.1, 0.15) is 29.6 Å². The number of carbonyl (C=O) groups is 2. The van der Waals surface area contributed by atoms with Gasteiger partial charge in [0.2, 0.25) is 0 Å². The van der Waals surface area contributed by atoms with Crippen molar-refractivity contribution in [3.63, 3.8) is 0 Å². The molecule has 7 rings (SSSR count). The molecule has 268 valence electrons. The molecule has 0 unspecified atom stereocenters. The second kappa shape index (κ2) is 17.0. The van der Waals surface area contributed by atoms with Gasteiger partial charge in [-0.05, 0) is 119 Å². The molecule has 4 aromatic carbocycles. The minimum Gasteiger partial charge on any atom is -0.494 e. The molecule has 1 aliphatic heterocycles. The molecule has 0 bridgehead atoms. The lowest BCUT2D eigenvalue weighted by molar-refractivity contribution is 0.103. The number of ketones is 2. The summed E-state index contributed by atoms with van der Waals surface area (Å²) in [5.74, 6) is 3.15. The van der Waals surface area contributed by atoms with Crippen molar-refractivity contribution < 1.29 is 28.5 Å². The first kappa shape index (κ1) is 36.1. The molecule has 8 nitrogen and oxygen atoms in total. The van der Waals surface area contributed by atoms with E-state index in [4.69, 9.17) is 18.9 Å². The van der Waals surface area contributed by atoms with Crippen LogP contribution in [0.15, 0.2) is 72.8 Å². The van der Waals surface area contributed by atoms with Crippen molar-refractivity contribution in [2.75, 3.05) is 65.7 Å². The minimum absolute atomic E-state index is 0.0464. The molecule has 0 N–H and O–H groups in total. The van der Waals surface area contributed by atoms with E-state index in [0.717, 1.165) is 102 Å². The van der Waals surface area contributed by atoms with Crippen LogP contribution in [0.4, 0.5) is 0 Å². The van der Waals surface area contributed by atoms with Crippen LogP contribution in [0.3, 0.4) is 0 Å². The van der Waals surface area contributed by atoms with Gasteiger partial charge in [-0.15, -0.1) is 0 Å². The van der Waals surface area contributed by atoms with Crippen LogP contribution in [0.25, 0.3) is 22.3 Å². The second-order valence-corrected chi connectivity index (χ2v) is 12.9. The number of ether oxygens (including phenoxy) is 4. The summed E-state index contributed by atoms with van der Waals surface area (Å²) < 4.78 is 23.2. The van der Waals surface area contributed by atoms with E-state index in [2.05, 4.69) is 23.6 Å². The van der Waals surface area contributed by atoms with E-state index >= 15 is 0 Å². The van der Waals surface area contributed by atoms with Crippen molar-refractivity contribution in [1.29, 1.82) is 0 Å². The topological polar surface area (TPSA) is 77.5 Å². The van der Waals surface area contributed by atoms with E-state index in [0.29, 0.717) is 37.6 Å². The van der Waals surface area contributed by atoms with Gasteiger partial charge in [0.15, 0.2) is 11.6 Å². The highest BCUT2D eigenvalue weighted by atomic mass is 16.5. The Morgan fingerprint density at radius 1 is 0.588 bits per heavy atom. The molecule has 0 amide bonds. The maximum atomic E-state index is 12.8. The first-order valence-corrected chi connectivity index (χ1v) is 18.6. The van der Waals surface area contributed by atoms with Gasteiger partial charge < -0.3 is 23.8 Å². The third-order valence-electron chi connectivity index (χ3n) is 9.81. The van der Waals surface area contributed by atoms with E-state index in [1.165, 1.54) is 12.8 Å². The van der Waals surface area contributed by atoms with Gasteiger partial charge in [-0.3, -0.25) is 14.5 Å². The lowest BCUT2D eigenvalue weighted by Gasteiger charge is -2.18. The Morgan fingerprint density at radius 2 is 1.10 bits per heavy atom. The van der Waals surface area contributed by atoms with E-state index < -0.39 is 0 Å². The molecular weight excluding hydrogens is 640 g/mol. The van der Waals surface area contributed by atoms with Crippen LogP contribution in [0.1, 0.15) is 78.8 Å². The summed E-state index contributed by atoms with van der Waals surface area (Å²) in [5, 5.41) is 0. The fourth-order valence-corrected chi connectivity index (χ4v) is 7.20. The molecule has 1 heterocycles. The number of likely N-dealkylation sites (tertiary alicyclic amines) is 1. The SMILES string of the molecule is CCOc1ccc2c(c1)C(=O)c1cccc(OCCCN(CC)CC)c1-2.CCOc1ccc2c(c1)C(=O)c1cccc(OCCN3CCCC3)c1-2. The van der Waals surface area contributed by atoms with Gasteiger partial charge in [0.25, 0.3) is 0 Å². The summed E-state index contributed by atoms with van der Waals surface area (Å²) in [6.07, 6.45) is 3.53. The van der Waals surface area contributed by atoms with Crippen LogP contribution in [0, 0.1) is 0 Å². The number of fused-ring (bicyclic) bond motifs is 6. The summed E-state index contributed by atoms with van der Waals surface area (Å²) in [5.41, 5.74) is 6.57. The molecule has 2 aliphatic carbocycles. The summed E-state index contributed by atoms with van der Waals surface area (Å²) in [6.45, 7) is 17.1. The Bertz CT molecular complexity index is 1840. The third-order valence-corrected chi connectivity index (χ3v) is 9.81. The van der Waals surface area contributed by atoms with Crippen LogP contribution >= 0.6 is 0 Å².